The van der Waals surface area contributed by atoms with Gasteiger partial charge >= 0.3 is 0 Å². The van der Waals surface area contributed by atoms with Crippen LogP contribution in [0.3, 0.4) is 0 Å². The zero-order valence-electron chi connectivity index (χ0n) is 12.5. The summed E-state index contributed by atoms with van der Waals surface area (Å²) in [5.74, 6) is 0.764. The second-order valence-electron chi connectivity index (χ2n) is 5.62. The highest BCUT2D eigenvalue weighted by Crippen LogP contribution is 2.25. The summed E-state index contributed by atoms with van der Waals surface area (Å²) in [6.07, 6.45) is 5.06. The minimum absolute atomic E-state index is 0. The van der Waals surface area contributed by atoms with Crippen molar-refractivity contribution < 1.29 is 14.3 Å². The summed E-state index contributed by atoms with van der Waals surface area (Å²) < 4.78 is 11.3. The van der Waals surface area contributed by atoms with E-state index in [0.29, 0.717) is 25.9 Å². The third kappa shape index (κ3) is 4.60. The predicted octanol–water partition coefficient (Wildman–Crippen LogP) is 2.36. The number of hydrogen-bond donors (Lipinski definition) is 2. The molecule has 2 fully saturated rings. The number of rotatable bonds is 4. The third-order valence-electron chi connectivity index (χ3n) is 3.94. The van der Waals surface area contributed by atoms with Gasteiger partial charge in [-0.25, -0.2) is 0 Å². The Morgan fingerprint density at radius 1 is 1.32 bits per heavy atom. The van der Waals surface area contributed by atoms with Crippen molar-refractivity contribution in [1.29, 1.82) is 0 Å². The van der Waals surface area contributed by atoms with Crippen LogP contribution in [0.15, 0.2) is 24.3 Å². The van der Waals surface area contributed by atoms with E-state index in [1.54, 1.807) is 0 Å². The van der Waals surface area contributed by atoms with Gasteiger partial charge < -0.3 is 20.1 Å². The first kappa shape index (κ1) is 17.1. The Hall–Kier alpha value is -1.30. The van der Waals surface area contributed by atoms with Gasteiger partial charge in [-0.2, -0.15) is 0 Å². The molecule has 3 rings (SSSR count). The molecule has 1 heterocycles. The van der Waals surface area contributed by atoms with Gasteiger partial charge in [-0.05, 0) is 37.8 Å². The fraction of sp³-hybridized carbons (Fsp3) is 0.562. The number of amides is 1. The van der Waals surface area contributed by atoms with Crippen molar-refractivity contribution in [2.45, 2.75) is 37.8 Å². The molecule has 0 radical (unpaired) electrons. The highest BCUT2D eigenvalue weighted by molar-refractivity contribution is 5.95. The maximum atomic E-state index is 12.1. The number of nitrogens with one attached hydrogen (secondary N) is 2. The van der Waals surface area contributed by atoms with Gasteiger partial charge in [-0.1, -0.05) is 6.07 Å². The summed E-state index contributed by atoms with van der Waals surface area (Å²) in [6.45, 7) is 1.79. The summed E-state index contributed by atoms with van der Waals surface area (Å²) in [6, 6.07) is 7.34. The number of benzene rings is 1. The number of anilines is 1. The van der Waals surface area contributed by atoms with Crippen molar-refractivity contribution in [2.75, 3.05) is 25.1 Å². The average Bonchev–Trinajstić information content (AvgIpc) is 3.01. The molecule has 0 bridgehead atoms. The zero-order chi connectivity index (χ0) is 14.5. The monoisotopic (exact) mass is 326 g/mol. The Bertz CT molecular complexity index is 486. The van der Waals surface area contributed by atoms with Crippen molar-refractivity contribution in [3.05, 3.63) is 24.3 Å². The number of carbonyl (C=O) groups excluding carboxylic acids is 1. The molecule has 2 N–H and O–H groups in total. The maximum absolute atomic E-state index is 12.1. The van der Waals surface area contributed by atoms with Crippen molar-refractivity contribution >= 4 is 24.0 Å². The van der Waals surface area contributed by atoms with Crippen LogP contribution in [0.1, 0.15) is 25.7 Å². The molecule has 2 aliphatic rings. The van der Waals surface area contributed by atoms with Gasteiger partial charge in [-0.15, -0.1) is 12.4 Å². The molecule has 6 heteroatoms. The Labute approximate surface area is 137 Å². The molecule has 1 saturated carbocycles. The van der Waals surface area contributed by atoms with E-state index in [-0.39, 0.29) is 24.4 Å². The fourth-order valence-corrected chi connectivity index (χ4v) is 2.81. The topological polar surface area (TPSA) is 59.6 Å². The molecule has 1 aromatic carbocycles. The van der Waals surface area contributed by atoms with Gasteiger partial charge in [0.25, 0.3) is 0 Å². The molecular weight excluding hydrogens is 304 g/mol. The average molecular weight is 327 g/mol. The first-order valence-electron chi connectivity index (χ1n) is 7.70. The molecule has 1 aromatic rings. The van der Waals surface area contributed by atoms with E-state index in [4.69, 9.17) is 9.47 Å². The molecule has 5 nitrogen and oxygen atoms in total. The van der Waals surface area contributed by atoms with Crippen LogP contribution in [-0.4, -0.2) is 37.8 Å². The molecule has 1 atom stereocenters. The van der Waals surface area contributed by atoms with Crippen molar-refractivity contribution in [2.24, 2.45) is 0 Å². The normalized spacial score (nSPS) is 21.9. The van der Waals surface area contributed by atoms with E-state index >= 15 is 0 Å². The first-order chi connectivity index (χ1) is 10.3. The Morgan fingerprint density at radius 2 is 2.14 bits per heavy atom. The molecule has 1 aliphatic carbocycles. The van der Waals surface area contributed by atoms with E-state index in [9.17, 15) is 4.79 Å². The van der Waals surface area contributed by atoms with Gasteiger partial charge in [0.2, 0.25) is 5.91 Å². The molecular formula is C16H23ClN2O3. The second kappa shape index (κ2) is 8.36. The van der Waals surface area contributed by atoms with Crippen molar-refractivity contribution in [3.63, 3.8) is 0 Å². The highest BCUT2D eigenvalue weighted by Gasteiger charge is 2.21. The number of carbonyl (C=O) groups is 1. The molecule has 1 aliphatic heterocycles. The van der Waals surface area contributed by atoms with Crippen molar-refractivity contribution in [3.8, 4) is 5.75 Å². The van der Waals surface area contributed by atoms with Crippen LogP contribution in [-0.2, 0) is 9.53 Å². The summed E-state index contributed by atoms with van der Waals surface area (Å²) in [4.78, 5) is 12.1. The molecule has 1 saturated heterocycles. The van der Waals surface area contributed by atoms with Crippen LogP contribution in [0.4, 0.5) is 5.69 Å². The first-order valence-corrected chi connectivity index (χ1v) is 7.70. The third-order valence-corrected chi connectivity index (χ3v) is 3.94. The van der Waals surface area contributed by atoms with Gasteiger partial charge in [0.15, 0.2) is 0 Å². The van der Waals surface area contributed by atoms with E-state index in [0.717, 1.165) is 24.3 Å². The van der Waals surface area contributed by atoms with Crippen LogP contribution in [0.2, 0.25) is 0 Å². The second-order valence-corrected chi connectivity index (χ2v) is 5.62. The minimum atomic E-state index is -0.279. The molecule has 0 aromatic heterocycles. The predicted molar refractivity (Wildman–Crippen MR) is 87.8 cm³/mol. The minimum Gasteiger partial charge on any atom is -0.490 e. The number of ether oxygens (including phenoxy) is 2. The Kier molecular flexibility index (Phi) is 6.49. The fourth-order valence-electron chi connectivity index (χ4n) is 2.81. The SMILES string of the molecule is Cl.O=C(Nc1cccc(OC2CCCC2)c1)C1COCCN1. The number of hydrogen-bond acceptors (Lipinski definition) is 4. The lowest BCUT2D eigenvalue weighted by Gasteiger charge is -2.23. The molecule has 22 heavy (non-hydrogen) atoms. The number of morpholine rings is 1. The Balaban J connectivity index is 0.00000176. The van der Waals surface area contributed by atoms with E-state index < -0.39 is 0 Å². The van der Waals surface area contributed by atoms with Crippen molar-refractivity contribution in [1.82, 2.24) is 5.32 Å². The smallest absolute Gasteiger partial charge is 0.243 e. The lowest BCUT2D eigenvalue weighted by molar-refractivity contribution is -0.120. The quantitative estimate of drug-likeness (QED) is 0.891. The molecule has 0 spiro atoms. The molecule has 122 valence electrons. The van der Waals surface area contributed by atoms with Crippen LogP contribution in [0.25, 0.3) is 0 Å². The summed E-state index contributed by atoms with van der Waals surface area (Å²) in [7, 11) is 0. The van der Waals surface area contributed by atoms with Crippen LogP contribution < -0.4 is 15.4 Å². The maximum Gasteiger partial charge on any atom is 0.243 e. The highest BCUT2D eigenvalue weighted by atomic mass is 35.5. The lowest BCUT2D eigenvalue weighted by atomic mass is 10.2. The van der Waals surface area contributed by atoms with Crippen LogP contribution in [0, 0.1) is 0 Å². The Morgan fingerprint density at radius 3 is 2.86 bits per heavy atom. The van der Waals surface area contributed by atoms with E-state index in [1.165, 1.54) is 12.8 Å². The number of halogens is 1. The van der Waals surface area contributed by atoms with E-state index in [2.05, 4.69) is 10.6 Å². The van der Waals surface area contributed by atoms with Gasteiger partial charge in [0, 0.05) is 18.3 Å². The largest absolute Gasteiger partial charge is 0.490 e. The summed E-state index contributed by atoms with van der Waals surface area (Å²) >= 11 is 0. The van der Waals surface area contributed by atoms with E-state index in [1.807, 2.05) is 24.3 Å². The summed E-state index contributed by atoms with van der Waals surface area (Å²) in [5.41, 5.74) is 0.767. The van der Waals surface area contributed by atoms with Gasteiger partial charge in [-0.3, -0.25) is 4.79 Å². The van der Waals surface area contributed by atoms with Gasteiger partial charge in [0.05, 0.1) is 19.3 Å². The standard InChI is InChI=1S/C16H22N2O3.ClH/c19-16(15-11-20-9-8-17-15)18-12-4-3-7-14(10-12)21-13-5-1-2-6-13;/h3-4,7,10,13,15,17H,1-2,5-6,8-9,11H2,(H,18,19);1H. The lowest BCUT2D eigenvalue weighted by Crippen LogP contribution is -2.48. The molecule has 1 amide bonds. The molecule has 1 unspecified atom stereocenters. The summed E-state index contributed by atoms with van der Waals surface area (Å²) in [5, 5.41) is 6.06. The van der Waals surface area contributed by atoms with Gasteiger partial charge in [0.1, 0.15) is 11.8 Å². The van der Waals surface area contributed by atoms with Crippen LogP contribution in [0.5, 0.6) is 5.75 Å². The zero-order valence-corrected chi connectivity index (χ0v) is 13.4. The van der Waals surface area contributed by atoms with Crippen LogP contribution >= 0.6 is 12.4 Å².